The maximum absolute atomic E-state index is 12.3. The lowest BCUT2D eigenvalue weighted by molar-refractivity contribution is -0.0247. The molecule has 2 aromatic heterocycles. The van der Waals surface area contributed by atoms with Crippen LogP contribution in [0.1, 0.15) is 52.5 Å². The van der Waals surface area contributed by atoms with Crippen molar-refractivity contribution in [2.75, 3.05) is 69.7 Å². The molecule has 264 valence electrons. The van der Waals surface area contributed by atoms with Crippen LogP contribution in [0.15, 0.2) is 60.9 Å². The molecule has 0 bridgehead atoms. The molecule has 11 nitrogen and oxygen atoms in total. The lowest BCUT2D eigenvalue weighted by Gasteiger charge is -2.49. The Morgan fingerprint density at radius 2 is 1.60 bits per heavy atom. The molecule has 0 unspecified atom stereocenters. The number of nitrogens with zero attached hydrogens (tertiary/aromatic N) is 7. The van der Waals surface area contributed by atoms with Crippen molar-refractivity contribution in [1.82, 2.24) is 29.2 Å². The molecular formula is C39H50N8O3. The van der Waals surface area contributed by atoms with E-state index >= 15 is 0 Å². The van der Waals surface area contributed by atoms with Gasteiger partial charge in [-0.3, -0.25) is 9.80 Å². The molecule has 1 N–H and O–H groups in total. The van der Waals surface area contributed by atoms with Crippen LogP contribution in [0.25, 0.3) is 22.2 Å². The Balaban J connectivity index is 0.850. The SMILES string of the molecule is COc1cc(N2CCN(C3CCN(C4CN(C(=O)OC(C)(C)C)C4)CC3)CC2)ccc1Nc1nccc(-c2cn(C3CC3)c3ccccc23)n1. The normalized spacial score (nSPS) is 19.8. The van der Waals surface area contributed by atoms with Crippen molar-refractivity contribution in [1.29, 1.82) is 0 Å². The Morgan fingerprint density at radius 1 is 0.860 bits per heavy atom. The summed E-state index contributed by atoms with van der Waals surface area (Å²) in [6.07, 6.45) is 8.73. The Bertz CT molecular complexity index is 1830. The van der Waals surface area contributed by atoms with E-state index in [0.29, 0.717) is 24.1 Å². The number of aromatic nitrogens is 3. The average Bonchev–Trinajstić information content (AvgIpc) is 3.87. The highest BCUT2D eigenvalue weighted by Gasteiger charge is 2.39. The predicted octanol–water partition coefficient (Wildman–Crippen LogP) is 6.39. The fraction of sp³-hybridized carbons (Fsp3) is 0.513. The summed E-state index contributed by atoms with van der Waals surface area (Å²) in [5.41, 5.74) is 4.88. The van der Waals surface area contributed by atoms with Crippen LogP contribution in [-0.2, 0) is 4.74 Å². The maximum atomic E-state index is 12.3. The lowest BCUT2D eigenvalue weighted by atomic mass is 9.98. The van der Waals surface area contributed by atoms with Crippen LogP contribution in [0.3, 0.4) is 0 Å². The molecule has 0 atom stereocenters. The van der Waals surface area contributed by atoms with Crippen molar-refractivity contribution >= 4 is 34.3 Å². The number of anilines is 3. The van der Waals surface area contributed by atoms with E-state index in [9.17, 15) is 4.79 Å². The number of amides is 1. The summed E-state index contributed by atoms with van der Waals surface area (Å²) in [5.74, 6) is 1.33. The first kappa shape index (κ1) is 32.8. The van der Waals surface area contributed by atoms with Gasteiger partial charge in [-0.05, 0) is 70.7 Å². The molecule has 3 aliphatic heterocycles. The van der Waals surface area contributed by atoms with Crippen LogP contribution in [0, 0.1) is 0 Å². The molecule has 1 aliphatic carbocycles. The predicted molar refractivity (Wildman–Crippen MR) is 197 cm³/mol. The third kappa shape index (κ3) is 6.85. The van der Waals surface area contributed by atoms with Gasteiger partial charge in [0, 0.05) is 111 Å². The van der Waals surface area contributed by atoms with E-state index in [1.54, 1.807) is 7.11 Å². The number of carbonyl (C=O) groups is 1. The number of para-hydroxylation sites is 1. The van der Waals surface area contributed by atoms with Crippen LogP contribution in [0.5, 0.6) is 5.75 Å². The molecule has 4 fully saturated rings. The highest BCUT2D eigenvalue weighted by molar-refractivity contribution is 5.95. The quantitative estimate of drug-likeness (QED) is 0.228. The summed E-state index contributed by atoms with van der Waals surface area (Å²) in [6.45, 7) is 13.6. The highest BCUT2D eigenvalue weighted by atomic mass is 16.6. The van der Waals surface area contributed by atoms with Crippen LogP contribution in [-0.4, -0.2) is 112 Å². The fourth-order valence-electron chi connectivity index (χ4n) is 7.86. The number of benzene rings is 2. The van der Waals surface area contributed by atoms with Gasteiger partial charge in [0.15, 0.2) is 0 Å². The van der Waals surface area contributed by atoms with Gasteiger partial charge in [0.25, 0.3) is 0 Å². The minimum absolute atomic E-state index is 0.187. The zero-order valence-corrected chi connectivity index (χ0v) is 29.8. The number of likely N-dealkylation sites (tertiary alicyclic amines) is 2. The highest BCUT2D eigenvalue weighted by Crippen LogP contribution is 2.41. The van der Waals surface area contributed by atoms with E-state index in [4.69, 9.17) is 14.5 Å². The number of hydrogen-bond acceptors (Lipinski definition) is 9. The number of piperazine rings is 1. The molecule has 4 aromatic rings. The first-order valence-corrected chi connectivity index (χ1v) is 18.3. The van der Waals surface area contributed by atoms with Gasteiger partial charge < -0.3 is 29.2 Å². The van der Waals surface area contributed by atoms with Crippen LogP contribution < -0.4 is 15.0 Å². The second-order valence-electron chi connectivity index (χ2n) is 15.3. The van der Waals surface area contributed by atoms with Gasteiger partial charge in [0.05, 0.1) is 18.5 Å². The lowest BCUT2D eigenvalue weighted by Crippen LogP contribution is -2.63. The summed E-state index contributed by atoms with van der Waals surface area (Å²) < 4.78 is 13.8. The van der Waals surface area contributed by atoms with Crippen molar-refractivity contribution in [2.45, 2.75) is 70.2 Å². The van der Waals surface area contributed by atoms with Gasteiger partial charge >= 0.3 is 6.09 Å². The van der Waals surface area contributed by atoms with Crippen molar-refractivity contribution in [3.8, 4) is 17.0 Å². The first-order valence-electron chi connectivity index (χ1n) is 18.3. The second kappa shape index (κ2) is 13.4. The summed E-state index contributed by atoms with van der Waals surface area (Å²) >= 11 is 0. The average molecular weight is 679 g/mol. The molecule has 8 rings (SSSR count). The van der Waals surface area contributed by atoms with E-state index in [2.05, 4.69) is 78.2 Å². The number of hydrogen-bond donors (Lipinski definition) is 1. The molecule has 1 amide bonds. The van der Waals surface area contributed by atoms with Crippen LogP contribution >= 0.6 is 0 Å². The van der Waals surface area contributed by atoms with Crippen LogP contribution in [0.4, 0.5) is 22.1 Å². The smallest absolute Gasteiger partial charge is 0.410 e. The number of fused-ring (bicyclic) bond motifs is 1. The van der Waals surface area contributed by atoms with Gasteiger partial charge in [0.1, 0.15) is 11.4 Å². The largest absolute Gasteiger partial charge is 0.494 e. The van der Waals surface area contributed by atoms with E-state index in [1.807, 2.05) is 37.9 Å². The summed E-state index contributed by atoms with van der Waals surface area (Å²) in [7, 11) is 1.72. The van der Waals surface area contributed by atoms with Crippen molar-refractivity contribution in [2.24, 2.45) is 0 Å². The van der Waals surface area contributed by atoms with E-state index in [1.165, 1.54) is 42.3 Å². The monoisotopic (exact) mass is 678 g/mol. The second-order valence-corrected chi connectivity index (χ2v) is 15.3. The molecule has 2 aromatic carbocycles. The third-order valence-corrected chi connectivity index (χ3v) is 10.8. The van der Waals surface area contributed by atoms with Crippen molar-refractivity contribution < 1.29 is 14.3 Å². The molecule has 0 radical (unpaired) electrons. The van der Waals surface area contributed by atoms with Crippen LogP contribution in [0.2, 0.25) is 0 Å². The van der Waals surface area contributed by atoms with Gasteiger partial charge in [-0.1, -0.05) is 18.2 Å². The number of piperidine rings is 1. The van der Waals surface area contributed by atoms with Gasteiger partial charge in [-0.2, -0.15) is 0 Å². The molecular weight excluding hydrogens is 628 g/mol. The molecule has 5 heterocycles. The molecule has 1 saturated carbocycles. The van der Waals surface area contributed by atoms with Gasteiger partial charge in [-0.25, -0.2) is 14.8 Å². The molecule has 50 heavy (non-hydrogen) atoms. The Hall–Kier alpha value is -4.35. The standard InChI is InChI=1S/C39H50N8O3/c1-39(2,3)50-38(48)46-24-30(25-46)43-17-14-27(15-18-43)44-19-21-45(22-20-44)29-11-12-34(36(23-29)49-4)42-37-40-16-13-33(41-37)32-26-47(28-9-10-28)35-8-6-5-7-31(32)35/h5-8,11-13,16,23,26-28,30H,9-10,14-15,17-22,24-25H2,1-4H3,(H,40,41,42). The zero-order valence-electron chi connectivity index (χ0n) is 29.8. The number of ether oxygens (including phenoxy) is 2. The molecule has 4 aliphatic rings. The number of methoxy groups -OCH3 is 1. The topological polar surface area (TPSA) is 91.2 Å². The van der Waals surface area contributed by atoms with E-state index in [0.717, 1.165) is 75.1 Å². The summed E-state index contributed by atoms with van der Waals surface area (Å²) in [6, 6.07) is 18.6. The third-order valence-electron chi connectivity index (χ3n) is 10.8. The summed E-state index contributed by atoms with van der Waals surface area (Å²) in [5, 5.41) is 4.65. The number of nitrogens with one attached hydrogen (secondary N) is 1. The minimum Gasteiger partial charge on any atom is -0.494 e. The van der Waals surface area contributed by atoms with Gasteiger partial charge in [0.2, 0.25) is 5.95 Å². The fourth-order valence-corrected chi connectivity index (χ4v) is 7.86. The number of rotatable bonds is 8. The molecule has 3 saturated heterocycles. The minimum atomic E-state index is -0.445. The molecule has 11 heteroatoms. The first-order chi connectivity index (χ1) is 24.2. The van der Waals surface area contributed by atoms with Gasteiger partial charge in [-0.15, -0.1) is 0 Å². The van der Waals surface area contributed by atoms with E-state index < -0.39 is 5.60 Å². The van der Waals surface area contributed by atoms with Crippen molar-refractivity contribution in [3.05, 3.63) is 60.9 Å². The zero-order chi connectivity index (χ0) is 34.4. The maximum Gasteiger partial charge on any atom is 0.410 e. The Kier molecular flexibility index (Phi) is 8.81. The Morgan fingerprint density at radius 3 is 2.32 bits per heavy atom. The van der Waals surface area contributed by atoms with E-state index in [-0.39, 0.29) is 6.09 Å². The summed E-state index contributed by atoms with van der Waals surface area (Å²) in [4.78, 5) is 31.4. The number of carbonyl (C=O) groups excluding carboxylic acids is 1. The molecule has 0 spiro atoms. The Labute approximate surface area is 295 Å². The van der Waals surface area contributed by atoms with Crippen molar-refractivity contribution in [3.63, 3.8) is 0 Å².